The van der Waals surface area contributed by atoms with Crippen molar-refractivity contribution in [3.05, 3.63) is 34.5 Å². The molecule has 0 bridgehead atoms. The molecule has 2 nitrogen and oxygen atoms in total. The summed E-state index contributed by atoms with van der Waals surface area (Å²) in [5, 5.41) is 4.65. The van der Waals surface area contributed by atoms with Gasteiger partial charge in [-0.3, -0.25) is 0 Å². The third kappa shape index (κ3) is 1.54. The van der Waals surface area contributed by atoms with Crippen molar-refractivity contribution >= 4 is 10.9 Å². The van der Waals surface area contributed by atoms with Crippen LogP contribution in [0.2, 0.25) is 0 Å². The molecule has 0 saturated carbocycles. The molecule has 2 aromatic rings. The zero-order valence-corrected chi connectivity index (χ0v) is 10.8. The van der Waals surface area contributed by atoms with Crippen LogP contribution in [0, 0.1) is 20.8 Å². The van der Waals surface area contributed by atoms with Crippen LogP contribution in [0.15, 0.2) is 12.1 Å². The van der Waals surface area contributed by atoms with E-state index in [0.717, 1.165) is 6.54 Å². The molecule has 1 aromatic heterocycles. The lowest BCUT2D eigenvalue weighted by Gasteiger charge is -2.04. The third-order valence-electron chi connectivity index (χ3n) is 3.38. The van der Waals surface area contributed by atoms with E-state index in [1.807, 2.05) is 7.05 Å². The Bertz CT molecular complexity index is 535. The summed E-state index contributed by atoms with van der Waals surface area (Å²) in [4.78, 5) is 0. The number of hydrogen-bond donors (Lipinski definition) is 1. The van der Waals surface area contributed by atoms with Crippen molar-refractivity contribution in [2.45, 2.75) is 27.3 Å². The van der Waals surface area contributed by atoms with Crippen LogP contribution < -0.4 is 5.32 Å². The summed E-state index contributed by atoms with van der Waals surface area (Å²) in [5.74, 6) is 0. The Hall–Kier alpha value is -1.28. The van der Waals surface area contributed by atoms with Crippen LogP contribution in [0.4, 0.5) is 0 Å². The largest absolute Gasteiger partial charge is 0.346 e. The number of rotatable bonds is 2. The molecule has 2 heteroatoms. The molecule has 0 fully saturated rings. The summed E-state index contributed by atoms with van der Waals surface area (Å²) in [6.07, 6.45) is 0. The van der Waals surface area contributed by atoms with E-state index in [2.05, 4.69) is 49.8 Å². The third-order valence-corrected chi connectivity index (χ3v) is 3.38. The molecule has 0 saturated heterocycles. The maximum Gasteiger partial charge on any atom is 0.0488 e. The molecule has 1 heterocycles. The van der Waals surface area contributed by atoms with E-state index >= 15 is 0 Å². The topological polar surface area (TPSA) is 17.0 Å². The van der Waals surface area contributed by atoms with Gasteiger partial charge in [-0.05, 0) is 50.6 Å². The molecular formula is C14H20N2. The van der Waals surface area contributed by atoms with Gasteiger partial charge in [0.1, 0.15) is 0 Å². The molecule has 16 heavy (non-hydrogen) atoms. The molecule has 2 rings (SSSR count). The fraction of sp³-hybridized carbons (Fsp3) is 0.429. The number of nitrogens with zero attached hydrogens (tertiary/aromatic N) is 1. The van der Waals surface area contributed by atoms with Crippen molar-refractivity contribution in [1.29, 1.82) is 0 Å². The summed E-state index contributed by atoms with van der Waals surface area (Å²) >= 11 is 0. The molecular weight excluding hydrogens is 196 g/mol. The van der Waals surface area contributed by atoms with E-state index in [1.54, 1.807) is 0 Å². The lowest BCUT2D eigenvalue weighted by Crippen LogP contribution is -2.10. The first-order valence-corrected chi connectivity index (χ1v) is 5.76. The highest BCUT2D eigenvalue weighted by atomic mass is 15.0. The second kappa shape index (κ2) is 3.95. The predicted octanol–water partition coefficient (Wildman–Crippen LogP) is 2.82. The average molecular weight is 216 g/mol. The van der Waals surface area contributed by atoms with Crippen molar-refractivity contribution in [2.75, 3.05) is 7.05 Å². The summed E-state index contributed by atoms with van der Waals surface area (Å²) in [6.45, 7) is 7.50. The van der Waals surface area contributed by atoms with Crippen LogP contribution in [-0.2, 0) is 13.6 Å². The molecule has 0 amide bonds. The molecule has 0 aliphatic rings. The maximum absolute atomic E-state index is 3.24. The summed E-state index contributed by atoms with van der Waals surface area (Å²) < 4.78 is 2.31. The number of hydrogen-bond acceptors (Lipinski definition) is 1. The minimum atomic E-state index is 0.926. The van der Waals surface area contributed by atoms with Gasteiger partial charge < -0.3 is 9.88 Å². The molecule has 0 atom stereocenters. The zero-order chi connectivity index (χ0) is 11.9. The van der Waals surface area contributed by atoms with Crippen molar-refractivity contribution in [2.24, 2.45) is 7.05 Å². The van der Waals surface area contributed by atoms with Gasteiger partial charge in [-0.1, -0.05) is 6.07 Å². The summed E-state index contributed by atoms with van der Waals surface area (Å²) in [7, 11) is 4.15. The van der Waals surface area contributed by atoms with Crippen molar-refractivity contribution in [3.8, 4) is 0 Å². The van der Waals surface area contributed by atoms with E-state index in [9.17, 15) is 0 Å². The fourth-order valence-electron chi connectivity index (χ4n) is 2.66. The maximum atomic E-state index is 3.24. The molecule has 0 aliphatic heterocycles. The van der Waals surface area contributed by atoms with Crippen LogP contribution in [0.1, 0.15) is 22.4 Å². The number of aryl methyl sites for hydroxylation is 4. The SMILES string of the molecule is CNCc1c(C)c2c(C)cc(C)cc2n1C. The minimum Gasteiger partial charge on any atom is -0.346 e. The van der Waals surface area contributed by atoms with Crippen LogP contribution in [-0.4, -0.2) is 11.6 Å². The Kier molecular flexibility index (Phi) is 2.76. The van der Waals surface area contributed by atoms with Crippen molar-refractivity contribution < 1.29 is 0 Å². The zero-order valence-electron chi connectivity index (χ0n) is 10.8. The van der Waals surface area contributed by atoms with Crippen LogP contribution in [0.3, 0.4) is 0 Å². The molecule has 1 N–H and O–H groups in total. The Morgan fingerprint density at radius 3 is 2.50 bits per heavy atom. The van der Waals surface area contributed by atoms with Gasteiger partial charge in [0.2, 0.25) is 0 Å². The second-order valence-corrected chi connectivity index (χ2v) is 4.64. The minimum absolute atomic E-state index is 0.926. The molecule has 86 valence electrons. The summed E-state index contributed by atoms with van der Waals surface area (Å²) in [5.41, 5.74) is 6.85. The highest BCUT2D eigenvalue weighted by Crippen LogP contribution is 2.28. The number of nitrogens with one attached hydrogen (secondary N) is 1. The Morgan fingerprint density at radius 2 is 1.88 bits per heavy atom. The van der Waals surface area contributed by atoms with Gasteiger partial charge >= 0.3 is 0 Å². The van der Waals surface area contributed by atoms with E-state index in [1.165, 1.54) is 33.3 Å². The fourth-order valence-corrected chi connectivity index (χ4v) is 2.66. The van der Waals surface area contributed by atoms with Gasteiger partial charge in [-0.15, -0.1) is 0 Å². The molecule has 1 aromatic carbocycles. The molecule has 0 aliphatic carbocycles. The quantitative estimate of drug-likeness (QED) is 0.817. The second-order valence-electron chi connectivity index (χ2n) is 4.64. The van der Waals surface area contributed by atoms with E-state index in [4.69, 9.17) is 0 Å². The van der Waals surface area contributed by atoms with Crippen molar-refractivity contribution in [3.63, 3.8) is 0 Å². The van der Waals surface area contributed by atoms with Crippen LogP contribution in [0.25, 0.3) is 10.9 Å². The Morgan fingerprint density at radius 1 is 1.19 bits per heavy atom. The van der Waals surface area contributed by atoms with Gasteiger partial charge in [-0.2, -0.15) is 0 Å². The summed E-state index contributed by atoms with van der Waals surface area (Å²) in [6, 6.07) is 4.53. The average Bonchev–Trinajstić information content (AvgIpc) is 2.43. The number of fused-ring (bicyclic) bond motifs is 1. The monoisotopic (exact) mass is 216 g/mol. The number of benzene rings is 1. The smallest absolute Gasteiger partial charge is 0.0488 e. The number of aromatic nitrogens is 1. The van der Waals surface area contributed by atoms with E-state index in [-0.39, 0.29) is 0 Å². The van der Waals surface area contributed by atoms with Gasteiger partial charge in [0.05, 0.1) is 0 Å². The highest BCUT2D eigenvalue weighted by Gasteiger charge is 2.12. The Labute approximate surface area is 97.3 Å². The van der Waals surface area contributed by atoms with E-state index in [0.29, 0.717) is 0 Å². The molecule has 0 radical (unpaired) electrons. The first kappa shape index (κ1) is 11.2. The predicted molar refractivity (Wildman–Crippen MR) is 69.9 cm³/mol. The molecule has 0 spiro atoms. The van der Waals surface area contributed by atoms with Gasteiger partial charge in [0.15, 0.2) is 0 Å². The normalized spacial score (nSPS) is 11.3. The van der Waals surface area contributed by atoms with Gasteiger partial charge in [0.25, 0.3) is 0 Å². The Balaban J connectivity index is 2.82. The molecule has 0 unspecified atom stereocenters. The van der Waals surface area contributed by atoms with Gasteiger partial charge in [-0.25, -0.2) is 0 Å². The van der Waals surface area contributed by atoms with E-state index < -0.39 is 0 Å². The lowest BCUT2D eigenvalue weighted by molar-refractivity contribution is 0.739. The lowest BCUT2D eigenvalue weighted by atomic mass is 10.0. The standard InChI is InChI=1S/C14H20N2/c1-9-6-10(2)14-11(3)13(8-15-4)16(5)12(14)7-9/h6-7,15H,8H2,1-5H3. The van der Waals surface area contributed by atoms with Gasteiger partial charge in [0, 0.05) is 30.2 Å². The van der Waals surface area contributed by atoms with Crippen molar-refractivity contribution in [1.82, 2.24) is 9.88 Å². The van der Waals surface area contributed by atoms with Crippen LogP contribution >= 0.6 is 0 Å². The first-order valence-electron chi connectivity index (χ1n) is 5.76. The van der Waals surface area contributed by atoms with Crippen LogP contribution in [0.5, 0.6) is 0 Å². The highest BCUT2D eigenvalue weighted by molar-refractivity contribution is 5.89. The first-order chi connectivity index (χ1) is 7.56.